The lowest BCUT2D eigenvalue weighted by molar-refractivity contribution is 0.102. The van der Waals surface area contributed by atoms with Gasteiger partial charge in [-0.1, -0.05) is 23.2 Å². The van der Waals surface area contributed by atoms with Crippen LogP contribution >= 0.6 is 35.8 Å². The molecule has 19 heavy (non-hydrogen) atoms. The van der Waals surface area contributed by atoms with Crippen molar-refractivity contribution in [3.63, 3.8) is 0 Å². The van der Waals surface area contributed by atoms with Crippen molar-refractivity contribution in [3.05, 3.63) is 57.8 Å². The molecule has 2 rings (SSSR count). The molecule has 0 aliphatic carbocycles. The maximum absolute atomic E-state index is 13.5. The van der Waals surface area contributed by atoms with Crippen LogP contribution < -0.4 is 5.32 Å². The third-order valence-electron chi connectivity index (χ3n) is 2.37. The Bertz CT molecular complexity index is 649. The molecule has 1 amide bonds. The molecule has 0 spiro atoms. The summed E-state index contributed by atoms with van der Waals surface area (Å²) in [7, 11) is 0. The predicted molar refractivity (Wildman–Crippen MR) is 78.1 cm³/mol. The zero-order chi connectivity index (χ0) is 14.0. The third kappa shape index (κ3) is 3.41. The van der Waals surface area contributed by atoms with Crippen LogP contribution in [-0.2, 0) is 0 Å². The number of benzene rings is 2. The first-order valence-electron chi connectivity index (χ1n) is 5.22. The molecule has 1 N–H and O–H groups in total. The number of nitrogens with one attached hydrogen (secondary N) is 1. The number of hydrogen-bond donors (Lipinski definition) is 2. The van der Waals surface area contributed by atoms with Crippen LogP contribution in [0.3, 0.4) is 0 Å². The smallest absolute Gasteiger partial charge is 0.258 e. The van der Waals surface area contributed by atoms with Crippen LogP contribution in [0.1, 0.15) is 10.4 Å². The summed E-state index contributed by atoms with van der Waals surface area (Å²) >= 11 is 15.7. The van der Waals surface area contributed by atoms with Gasteiger partial charge in [0.1, 0.15) is 5.82 Å². The Morgan fingerprint density at radius 2 is 1.89 bits per heavy atom. The zero-order valence-corrected chi connectivity index (χ0v) is 11.9. The largest absolute Gasteiger partial charge is 0.321 e. The minimum atomic E-state index is -0.625. The highest BCUT2D eigenvalue weighted by Crippen LogP contribution is 2.26. The highest BCUT2D eigenvalue weighted by atomic mass is 35.5. The first kappa shape index (κ1) is 14.2. The fraction of sp³-hybridized carbons (Fsp3) is 0. The second-order valence-electron chi connectivity index (χ2n) is 3.74. The average molecular weight is 316 g/mol. The van der Waals surface area contributed by atoms with E-state index in [-0.39, 0.29) is 10.6 Å². The second-order valence-corrected chi connectivity index (χ2v) is 5.10. The van der Waals surface area contributed by atoms with Crippen molar-refractivity contribution in [2.75, 3.05) is 5.32 Å². The van der Waals surface area contributed by atoms with Crippen molar-refractivity contribution >= 4 is 47.4 Å². The highest BCUT2D eigenvalue weighted by Gasteiger charge is 2.13. The van der Waals surface area contributed by atoms with Crippen LogP contribution in [0.15, 0.2) is 41.3 Å². The second kappa shape index (κ2) is 5.82. The lowest BCUT2D eigenvalue weighted by Crippen LogP contribution is -2.14. The molecule has 98 valence electrons. The van der Waals surface area contributed by atoms with Gasteiger partial charge in [0.15, 0.2) is 0 Å². The van der Waals surface area contributed by atoms with Crippen LogP contribution in [0.25, 0.3) is 0 Å². The molecule has 0 fully saturated rings. The number of rotatable bonds is 2. The molecule has 0 aromatic heterocycles. The van der Waals surface area contributed by atoms with E-state index in [1.807, 2.05) is 0 Å². The Labute approximate surface area is 124 Å². The Balaban J connectivity index is 2.28. The van der Waals surface area contributed by atoms with E-state index >= 15 is 0 Å². The van der Waals surface area contributed by atoms with Crippen LogP contribution in [0.2, 0.25) is 10.0 Å². The van der Waals surface area contributed by atoms with Gasteiger partial charge in [0.2, 0.25) is 0 Å². The van der Waals surface area contributed by atoms with E-state index in [1.165, 1.54) is 24.3 Å². The molecule has 0 atom stereocenters. The molecule has 0 aliphatic heterocycles. The Morgan fingerprint density at radius 3 is 2.58 bits per heavy atom. The quantitative estimate of drug-likeness (QED) is 0.774. The maximum atomic E-state index is 13.5. The monoisotopic (exact) mass is 315 g/mol. The summed E-state index contributed by atoms with van der Waals surface area (Å²) in [4.78, 5) is 12.4. The minimum Gasteiger partial charge on any atom is -0.321 e. The summed E-state index contributed by atoms with van der Waals surface area (Å²) in [6.45, 7) is 0. The van der Waals surface area contributed by atoms with Gasteiger partial charge in [0.05, 0.1) is 16.3 Å². The summed E-state index contributed by atoms with van der Waals surface area (Å²) < 4.78 is 13.5. The lowest BCUT2D eigenvalue weighted by atomic mass is 10.2. The van der Waals surface area contributed by atoms with Crippen LogP contribution in [0.5, 0.6) is 0 Å². The Hall–Kier alpha value is -1.23. The van der Waals surface area contributed by atoms with E-state index in [0.29, 0.717) is 15.6 Å². The van der Waals surface area contributed by atoms with E-state index in [0.717, 1.165) is 0 Å². The Morgan fingerprint density at radius 1 is 1.16 bits per heavy atom. The van der Waals surface area contributed by atoms with E-state index in [2.05, 4.69) is 17.9 Å². The van der Waals surface area contributed by atoms with Crippen molar-refractivity contribution in [1.29, 1.82) is 0 Å². The zero-order valence-electron chi connectivity index (χ0n) is 9.45. The number of thiol groups is 1. The number of amides is 1. The van der Waals surface area contributed by atoms with E-state index in [1.54, 1.807) is 12.1 Å². The number of carbonyl (C=O) groups excluding carboxylic acids is 1. The molecule has 6 heteroatoms. The van der Waals surface area contributed by atoms with Gasteiger partial charge in [-0.05, 0) is 36.4 Å². The van der Waals surface area contributed by atoms with Gasteiger partial charge in [-0.2, -0.15) is 0 Å². The number of anilines is 1. The van der Waals surface area contributed by atoms with Crippen molar-refractivity contribution in [1.82, 2.24) is 0 Å². The van der Waals surface area contributed by atoms with E-state index < -0.39 is 11.7 Å². The third-order valence-corrected chi connectivity index (χ3v) is 3.20. The fourth-order valence-electron chi connectivity index (χ4n) is 1.47. The molecule has 0 saturated heterocycles. The minimum absolute atomic E-state index is 0.0986. The SMILES string of the molecule is O=C(Nc1ccc(Cl)cc1Cl)c1cc(S)ccc1F. The molecular formula is C13H8Cl2FNOS. The van der Waals surface area contributed by atoms with Gasteiger partial charge < -0.3 is 5.32 Å². The van der Waals surface area contributed by atoms with E-state index in [9.17, 15) is 9.18 Å². The molecule has 0 saturated carbocycles. The van der Waals surface area contributed by atoms with Crippen molar-refractivity contribution < 1.29 is 9.18 Å². The van der Waals surface area contributed by atoms with E-state index in [4.69, 9.17) is 23.2 Å². The standard InChI is InChI=1S/C13H8Cl2FNOS/c14-7-1-4-12(10(15)5-7)17-13(18)9-6-8(19)2-3-11(9)16/h1-6,19H,(H,17,18). The van der Waals surface area contributed by atoms with Crippen molar-refractivity contribution in [2.24, 2.45) is 0 Å². The van der Waals surface area contributed by atoms with Gasteiger partial charge >= 0.3 is 0 Å². The van der Waals surface area contributed by atoms with Gasteiger partial charge in [-0.15, -0.1) is 12.6 Å². The Kier molecular flexibility index (Phi) is 4.34. The molecule has 0 unspecified atom stereocenters. The molecule has 0 bridgehead atoms. The first-order chi connectivity index (χ1) is 8.97. The maximum Gasteiger partial charge on any atom is 0.258 e. The fourth-order valence-corrected chi connectivity index (χ4v) is 2.13. The molecule has 2 nitrogen and oxygen atoms in total. The van der Waals surface area contributed by atoms with Gasteiger partial charge in [0.25, 0.3) is 5.91 Å². The normalized spacial score (nSPS) is 10.3. The number of hydrogen-bond acceptors (Lipinski definition) is 2. The average Bonchev–Trinajstić information content (AvgIpc) is 2.35. The summed E-state index contributed by atoms with van der Waals surface area (Å²) in [5.74, 6) is -1.22. The number of halogens is 3. The summed E-state index contributed by atoms with van der Waals surface area (Å²) in [5, 5.41) is 3.25. The number of carbonyl (C=O) groups is 1. The molecule has 0 aliphatic rings. The first-order valence-corrected chi connectivity index (χ1v) is 6.42. The molecule has 0 radical (unpaired) electrons. The summed E-state index contributed by atoms with van der Waals surface area (Å²) in [5.41, 5.74) is 0.263. The highest BCUT2D eigenvalue weighted by molar-refractivity contribution is 7.80. The van der Waals surface area contributed by atoms with Gasteiger partial charge in [0, 0.05) is 9.92 Å². The molecule has 0 heterocycles. The van der Waals surface area contributed by atoms with Crippen molar-refractivity contribution in [3.8, 4) is 0 Å². The molecule has 2 aromatic rings. The van der Waals surface area contributed by atoms with Crippen LogP contribution in [0.4, 0.5) is 10.1 Å². The molecular weight excluding hydrogens is 308 g/mol. The van der Waals surface area contributed by atoms with Crippen molar-refractivity contribution in [2.45, 2.75) is 4.90 Å². The summed E-state index contributed by atoms with van der Waals surface area (Å²) in [6.07, 6.45) is 0. The molecule has 2 aromatic carbocycles. The van der Waals surface area contributed by atoms with Gasteiger partial charge in [-0.3, -0.25) is 4.79 Å². The van der Waals surface area contributed by atoms with Crippen LogP contribution in [0, 0.1) is 5.82 Å². The van der Waals surface area contributed by atoms with Gasteiger partial charge in [-0.25, -0.2) is 4.39 Å². The topological polar surface area (TPSA) is 29.1 Å². The van der Waals surface area contributed by atoms with Crippen LogP contribution in [-0.4, -0.2) is 5.91 Å². The predicted octanol–water partition coefficient (Wildman–Crippen LogP) is 4.67. The lowest BCUT2D eigenvalue weighted by Gasteiger charge is -2.08. The summed E-state index contributed by atoms with van der Waals surface area (Å²) in [6, 6.07) is 8.60.